The van der Waals surface area contributed by atoms with Crippen LogP contribution in [0.4, 0.5) is 10.6 Å². The van der Waals surface area contributed by atoms with Crippen molar-refractivity contribution in [2.45, 2.75) is 50.7 Å². The minimum Gasteiger partial charge on any atom is -0.508 e. The van der Waals surface area contributed by atoms with Gasteiger partial charge in [0, 0.05) is 13.1 Å². The number of phenols is 1. The van der Waals surface area contributed by atoms with Crippen molar-refractivity contribution in [2.24, 2.45) is 0 Å². The van der Waals surface area contributed by atoms with E-state index in [1.165, 1.54) is 13.4 Å². The van der Waals surface area contributed by atoms with Crippen LogP contribution >= 0.6 is 0 Å². The second-order valence-electron chi connectivity index (χ2n) is 9.34. The third-order valence-electron chi connectivity index (χ3n) is 6.24. The summed E-state index contributed by atoms with van der Waals surface area (Å²) >= 11 is 0. The average Bonchev–Trinajstić information content (AvgIpc) is 3.56. The van der Waals surface area contributed by atoms with Gasteiger partial charge in [-0.15, -0.1) is 0 Å². The zero-order valence-corrected chi connectivity index (χ0v) is 21.1. The van der Waals surface area contributed by atoms with Gasteiger partial charge < -0.3 is 40.0 Å². The van der Waals surface area contributed by atoms with Crippen LogP contribution in [0.2, 0.25) is 0 Å². The lowest BCUT2D eigenvalue weighted by Gasteiger charge is -2.25. The van der Waals surface area contributed by atoms with E-state index in [1.807, 2.05) is 26.0 Å². The van der Waals surface area contributed by atoms with Crippen LogP contribution in [0, 0.1) is 0 Å². The number of amides is 2. The number of fused-ring (bicyclic) bond motifs is 2. The number of ether oxygens (including phenoxy) is 4. The third kappa shape index (κ3) is 5.32. The van der Waals surface area contributed by atoms with Gasteiger partial charge in [-0.2, -0.15) is 0 Å². The maximum atomic E-state index is 12.1. The number of carbonyl (C=O) groups excluding carboxylic acids is 2. The topological polar surface area (TPSA) is 171 Å². The number of urea groups is 1. The summed E-state index contributed by atoms with van der Waals surface area (Å²) in [5.41, 5.74) is 2.05. The molecule has 1 aromatic carbocycles. The lowest BCUT2D eigenvalue weighted by atomic mass is 10.1. The first-order valence-electron chi connectivity index (χ1n) is 12.0. The zero-order valence-electron chi connectivity index (χ0n) is 21.1. The van der Waals surface area contributed by atoms with Crippen molar-refractivity contribution in [3.8, 4) is 5.75 Å². The lowest BCUT2D eigenvalue weighted by molar-refractivity contribution is -0.195. The molecule has 4 atom stereocenters. The van der Waals surface area contributed by atoms with E-state index in [9.17, 15) is 14.7 Å². The van der Waals surface area contributed by atoms with Gasteiger partial charge in [0.25, 0.3) is 0 Å². The number of phenolic OH excluding ortho intramolecular Hbond substituents is 1. The van der Waals surface area contributed by atoms with Crippen LogP contribution in [0.3, 0.4) is 0 Å². The fourth-order valence-electron chi connectivity index (χ4n) is 4.49. The van der Waals surface area contributed by atoms with Gasteiger partial charge in [-0.1, -0.05) is 12.1 Å². The first-order valence-corrected chi connectivity index (χ1v) is 12.0. The number of aromatic nitrogens is 4. The van der Waals surface area contributed by atoms with Gasteiger partial charge >= 0.3 is 12.0 Å². The van der Waals surface area contributed by atoms with E-state index >= 15 is 0 Å². The Kier molecular flexibility index (Phi) is 7.01. The molecular formula is C24H29N7O7. The Balaban J connectivity index is 1.32. The van der Waals surface area contributed by atoms with Crippen LogP contribution in [0.25, 0.3) is 11.2 Å². The molecule has 3 aromatic rings. The summed E-state index contributed by atoms with van der Waals surface area (Å²) in [5.74, 6) is -0.674. The molecule has 2 fully saturated rings. The molecule has 202 valence electrons. The Morgan fingerprint density at radius 3 is 2.63 bits per heavy atom. The summed E-state index contributed by atoms with van der Waals surface area (Å²) in [6.45, 7) is 3.97. The number of aromatic hydroxyl groups is 1. The van der Waals surface area contributed by atoms with Crippen molar-refractivity contribution in [3.05, 3.63) is 42.5 Å². The highest BCUT2D eigenvalue weighted by Crippen LogP contribution is 2.43. The summed E-state index contributed by atoms with van der Waals surface area (Å²) in [6, 6.07) is 6.33. The minimum absolute atomic E-state index is 0.116. The van der Waals surface area contributed by atoms with E-state index in [2.05, 4.69) is 35.6 Å². The van der Waals surface area contributed by atoms with E-state index in [4.69, 9.17) is 14.2 Å². The largest absolute Gasteiger partial charge is 0.508 e. The fourth-order valence-corrected chi connectivity index (χ4v) is 4.49. The first-order chi connectivity index (χ1) is 18.2. The van der Waals surface area contributed by atoms with Crippen molar-refractivity contribution in [1.29, 1.82) is 0 Å². The van der Waals surface area contributed by atoms with E-state index in [0.29, 0.717) is 23.5 Å². The first kappa shape index (κ1) is 25.6. The number of benzene rings is 1. The van der Waals surface area contributed by atoms with E-state index in [-0.39, 0.29) is 18.8 Å². The monoisotopic (exact) mass is 527 g/mol. The Labute approximate surface area is 217 Å². The molecular weight excluding hydrogens is 498 g/mol. The Morgan fingerprint density at radius 1 is 1.11 bits per heavy atom. The molecule has 4 N–H and O–H groups in total. The van der Waals surface area contributed by atoms with Gasteiger partial charge in [0.1, 0.15) is 36.9 Å². The second kappa shape index (κ2) is 10.4. The number of methoxy groups -OCH3 is 1. The Hall–Kier alpha value is -4.01. The van der Waals surface area contributed by atoms with Gasteiger partial charge in [-0.3, -0.25) is 9.36 Å². The molecule has 0 bridgehead atoms. The number of anilines is 1. The van der Waals surface area contributed by atoms with Gasteiger partial charge in [0.15, 0.2) is 29.0 Å². The van der Waals surface area contributed by atoms with Crippen molar-refractivity contribution in [3.63, 3.8) is 0 Å². The molecule has 5 rings (SSSR count). The standard InChI is InChI=1S/C24H29N7O7/c1-24(2)37-18-15(9-26-23(34)27-10-16(33)35-3)36-22(19(18)38-24)31-12-30-17-20(28-11-29-21(17)31)25-8-13-4-6-14(32)7-5-13/h4-7,11-12,15,18-19,22,32H,8-10H2,1-3H3,(H,25,28,29)(H2,26,27,34)/t15-,18?,19+,22-/m1/s1. The lowest BCUT2D eigenvalue weighted by Crippen LogP contribution is -2.45. The molecule has 2 aliphatic heterocycles. The normalized spacial score (nSPS) is 23.7. The SMILES string of the molecule is COC(=O)CNC(=O)NC[C@H]1O[C@@H](n2cnc3c(NCc4ccc(O)cc4)ncnc32)[C@H]2OC(C)(C)OC12. The number of rotatable bonds is 8. The van der Waals surface area contributed by atoms with Crippen molar-refractivity contribution < 1.29 is 33.6 Å². The van der Waals surface area contributed by atoms with Crippen molar-refractivity contribution in [2.75, 3.05) is 25.5 Å². The van der Waals surface area contributed by atoms with E-state index in [1.54, 1.807) is 23.0 Å². The van der Waals surface area contributed by atoms with Crippen LogP contribution in [-0.4, -0.2) is 80.9 Å². The maximum absolute atomic E-state index is 12.1. The van der Waals surface area contributed by atoms with Crippen LogP contribution in [0.5, 0.6) is 5.75 Å². The molecule has 38 heavy (non-hydrogen) atoms. The van der Waals surface area contributed by atoms with Crippen LogP contribution in [-0.2, 0) is 30.3 Å². The summed E-state index contributed by atoms with van der Waals surface area (Å²) in [7, 11) is 1.24. The molecule has 4 heterocycles. The molecule has 1 unspecified atom stereocenters. The molecule has 0 aliphatic carbocycles. The number of nitrogens with one attached hydrogen (secondary N) is 3. The van der Waals surface area contributed by atoms with Crippen molar-refractivity contribution >= 4 is 29.0 Å². The Bertz CT molecular complexity index is 1310. The van der Waals surface area contributed by atoms with Gasteiger partial charge in [0.05, 0.1) is 13.4 Å². The molecule has 0 saturated carbocycles. The number of hydrogen-bond acceptors (Lipinski definition) is 11. The minimum atomic E-state index is -0.856. The molecule has 14 heteroatoms. The molecule has 2 aromatic heterocycles. The summed E-state index contributed by atoms with van der Waals surface area (Å²) in [4.78, 5) is 36.7. The number of imidazole rings is 1. The highest BCUT2D eigenvalue weighted by atomic mass is 16.8. The number of nitrogens with zero attached hydrogens (tertiary/aromatic N) is 4. The Morgan fingerprint density at radius 2 is 1.87 bits per heavy atom. The van der Waals surface area contributed by atoms with Gasteiger partial charge in [0.2, 0.25) is 0 Å². The predicted octanol–water partition coefficient (Wildman–Crippen LogP) is 1.03. The highest BCUT2D eigenvalue weighted by molar-refractivity contribution is 5.83. The van der Waals surface area contributed by atoms with E-state index < -0.39 is 42.3 Å². The molecule has 14 nitrogen and oxygen atoms in total. The summed E-state index contributed by atoms with van der Waals surface area (Å²) in [5, 5.41) is 17.9. The third-order valence-corrected chi connectivity index (χ3v) is 6.24. The number of carbonyl (C=O) groups is 2. The quantitative estimate of drug-likeness (QED) is 0.308. The fraction of sp³-hybridized carbons (Fsp3) is 0.458. The van der Waals surface area contributed by atoms with Gasteiger partial charge in [-0.05, 0) is 31.5 Å². The molecule has 2 amide bonds. The number of hydrogen-bond donors (Lipinski definition) is 4. The zero-order chi connectivity index (χ0) is 26.9. The average molecular weight is 528 g/mol. The van der Waals surface area contributed by atoms with Crippen LogP contribution < -0.4 is 16.0 Å². The molecule has 2 saturated heterocycles. The second-order valence-corrected chi connectivity index (χ2v) is 9.34. The highest BCUT2D eigenvalue weighted by Gasteiger charge is 2.56. The number of esters is 1. The molecule has 2 aliphatic rings. The molecule has 0 spiro atoms. The van der Waals surface area contributed by atoms with Crippen LogP contribution in [0.1, 0.15) is 25.6 Å². The predicted molar refractivity (Wildman–Crippen MR) is 132 cm³/mol. The molecule has 0 radical (unpaired) electrons. The van der Waals surface area contributed by atoms with Crippen LogP contribution in [0.15, 0.2) is 36.9 Å². The summed E-state index contributed by atoms with van der Waals surface area (Å²) in [6.07, 6.45) is 0.921. The van der Waals surface area contributed by atoms with Crippen molar-refractivity contribution in [1.82, 2.24) is 30.2 Å². The van der Waals surface area contributed by atoms with E-state index in [0.717, 1.165) is 5.56 Å². The summed E-state index contributed by atoms with van der Waals surface area (Å²) < 4.78 is 24.8. The van der Waals surface area contributed by atoms with Gasteiger partial charge in [-0.25, -0.2) is 19.7 Å². The maximum Gasteiger partial charge on any atom is 0.325 e. The smallest absolute Gasteiger partial charge is 0.325 e.